The topological polar surface area (TPSA) is 81.1 Å². The van der Waals surface area contributed by atoms with Gasteiger partial charge in [0, 0.05) is 0 Å². The van der Waals surface area contributed by atoms with E-state index in [-0.39, 0.29) is 28.3 Å². The minimum Gasteiger partial charge on any atom is -0.345 e. The minimum atomic E-state index is -0.672. The lowest BCUT2D eigenvalue weighted by Gasteiger charge is -2.17. The van der Waals surface area contributed by atoms with Crippen molar-refractivity contribution in [2.45, 2.75) is 24.5 Å². The van der Waals surface area contributed by atoms with Crippen LogP contribution in [0.3, 0.4) is 0 Å². The van der Waals surface area contributed by atoms with E-state index >= 15 is 0 Å². The van der Waals surface area contributed by atoms with E-state index in [1.54, 1.807) is 30.3 Å². The standard InChI is InChI=1S/C26H22FN3O3S/c1-17(31)22(15-18-9-3-2-4-10-18)28-24(32)16-34-26-29-21-13-7-5-11-19(21)25(33)30(26)23-14-8-6-12-20(23)27/h2-14,22H,15-16H2,1H3,(H,28,32). The van der Waals surface area contributed by atoms with E-state index in [1.807, 2.05) is 30.3 Å². The van der Waals surface area contributed by atoms with E-state index in [0.717, 1.165) is 17.3 Å². The molecule has 0 bridgehead atoms. The molecule has 8 heteroatoms. The molecule has 4 rings (SSSR count). The molecule has 172 valence electrons. The molecule has 34 heavy (non-hydrogen) atoms. The molecule has 1 aromatic heterocycles. The third-order valence-electron chi connectivity index (χ3n) is 5.28. The van der Waals surface area contributed by atoms with E-state index < -0.39 is 17.4 Å². The molecule has 0 radical (unpaired) electrons. The second-order valence-electron chi connectivity index (χ2n) is 7.71. The second kappa shape index (κ2) is 10.4. The number of rotatable bonds is 8. The summed E-state index contributed by atoms with van der Waals surface area (Å²) in [5.74, 6) is -1.22. The highest BCUT2D eigenvalue weighted by Crippen LogP contribution is 2.22. The summed E-state index contributed by atoms with van der Waals surface area (Å²) in [6.45, 7) is 1.43. The van der Waals surface area contributed by atoms with Gasteiger partial charge in [0.25, 0.3) is 5.56 Å². The summed E-state index contributed by atoms with van der Waals surface area (Å²) in [4.78, 5) is 42.6. The molecule has 0 aliphatic carbocycles. The highest BCUT2D eigenvalue weighted by molar-refractivity contribution is 7.99. The summed E-state index contributed by atoms with van der Waals surface area (Å²) < 4.78 is 15.8. The molecule has 1 atom stereocenters. The number of nitrogens with one attached hydrogen (secondary N) is 1. The molecule has 0 saturated carbocycles. The Bertz CT molecular complexity index is 1410. The van der Waals surface area contributed by atoms with Gasteiger partial charge in [-0.25, -0.2) is 9.37 Å². The number of nitrogens with zero attached hydrogens (tertiary/aromatic N) is 2. The van der Waals surface area contributed by atoms with E-state index in [0.29, 0.717) is 17.3 Å². The molecule has 0 spiro atoms. The van der Waals surface area contributed by atoms with E-state index in [4.69, 9.17) is 0 Å². The van der Waals surface area contributed by atoms with Crippen LogP contribution in [0.25, 0.3) is 16.6 Å². The van der Waals surface area contributed by atoms with Gasteiger partial charge in [-0.2, -0.15) is 0 Å². The lowest BCUT2D eigenvalue weighted by atomic mass is 10.0. The van der Waals surface area contributed by atoms with Crippen molar-refractivity contribution in [2.24, 2.45) is 0 Å². The highest BCUT2D eigenvalue weighted by atomic mass is 32.2. The summed E-state index contributed by atoms with van der Waals surface area (Å²) in [7, 11) is 0. The van der Waals surface area contributed by atoms with Crippen LogP contribution in [0.15, 0.2) is 88.8 Å². The average Bonchev–Trinajstić information content (AvgIpc) is 2.84. The number of benzene rings is 3. The van der Waals surface area contributed by atoms with Crippen molar-refractivity contribution in [3.8, 4) is 5.69 Å². The quantitative estimate of drug-likeness (QED) is 0.309. The lowest BCUT2D eigenvalue weighted by Crippen LogP contribution is -2.42. The van der Waals surface area contributed by atoms with Gasteiger partial charge >= 0.3 is 0 Å². The summed E-state index contributed by atoms with van der Waals surface area (Å²) in [6.07, 6.45) is 0.376. The molecule has 0 aliphatic rings. The first-order valence-electron chi connectivity index (χ1n) is 10.7. The van der Waals surface area contributed by atoms with Gasteiger partial charge in [-0.15, -0.1) is 0 Å². The summed E-state index contributed by atoms with van der Waals surface area (Å²) in [5.41, 5.74) is 1.01. The van der Waals surface area contributed by atoms with Gasteiger partial charge in [0.05, 0.1) is 28.4 Å². The van der Waals surface area contributed by atoms with Gasteiger partial charge in [-0.05, 0) is 43.2 Å². The number of amides is 1. The predicted molar refractivity (Wildman–Crippen MR) is 131 cm³/mol. The number of carbonyl (C=O) groups is 2. The molecule has 6 nitrogen and oxygen atoms in total. The average molecular weight is 476 g/mol. The number of hydrogen-bond donors (Lipinski definition) is 1. The van der Waals surface area contributed by atoms with E-state index in [9.17, 15) is 18.8 Å². The Morgan fingerprint density at radius 2 is 1.68 bits per heavy atom. The fraction of sp³-hybridized carbons (Fsp3) is 0.154. The third-order valence-corrected chi connectivity index (χ3v) is 6.22. The first-order chi connectivity index (χ1) is 16.4. The fourth-order valence-electron chi connectivity index (χ4n) is 3.57. The van der Waals surface area contributed by atoms with E-state index in [2.05, 4.69) is 10.3 Å². The minimum absolute atomic E-state index is 0.0550. The Morgan fingerprint density at radius 1 is 1.00 bits per heavy atom. The van der Waals surface area contributed by atoms with Crippen molar-refractivity contribution in [2.75, 3.05) is 5.75 Å². The van der Waals surface area contributed by atoms with Crippen molar-refractivity contribution in [1.29, 1.82) is 0 Å². The molecule has 3 aromatic carbocycles. The van der Waals surface area contributed by atoms with Gasteiger partial charge in [-0.1, -0.05) is 66.4 Å². The Kier molecular flexibility index (Phi) is 7.18. The van der Waals surface area contributed by atoms with Crippen LogP contribution in [-0.2, 0) is 16.0 Å². The molecule has 1 N–H and O–H groups in total. The number of ketones is 1. The van der Waals surface area contributed by atoms with Crippen LogP contribution in [0.4, 0.5) is 4.39 Å². The van der Waals surface area contributed by atoms with Crippen LogP contribution >= 0.6 is 11.8 Å². The Morgan fingerprint density at radius 3 is 2.41 bits per heavy atom. The normalized spacial score (nSPS) is 11.8. The van der Waals surface area contributed by atoms with Crippen LogP contribution < -0.4 is 10.9 Å². The maximum atomic E-state index is 14.6. The van der Waals surface area contributed by atoms with Crippen LogP contribution in [0.2, 0.25) is 0 Å². The van der Waals surface area contributed by atoms with Crippen LogP contribution in [0.5, 0.6) is 0 Å². The van der Waals surface area contributed by atoms with Gasteiger partial charge in [0.2, 0.25) is 5.91 Å². The highest BCUT2D eigenvalue weighted by Gasteiger charge is 2.20. The molecular weight excluding hydrogens is 453 g/mol. The molecule has 0 saturated heterocycles. The summed E-state index contributed by atoms with van der Waals surface area (Å²) in [5, 5.41) is 3.29. The second-order valence-corrected chi connectivity index (χ2v) is 8.66. The number of fused-ring (bicyclic) bond motifs is 1. The van der Waals surface area contributed by atoms with Crippen molar-refractivity contribution in [1.82, 2.24) is 14.9 Å². The number of hydrogen-bond acceptors (Lipinski definition) is 5. The SMILES string of the molecule is CC(=O)C(Cc1ccccc1)NC(=O)CSc1nc2ccccc2c(=O)n1-c1ccccc1F. The Labute approximate surface area is 199 Å². The van der Waals surface area contributed by atoms with Crippen LogP contribution in [-0.4, -0.2) is 33.0 Å². The van der Waals surface area contributed by atoms with Crippen molar-refractivity contribution in [3.63, 3.8) is 0 Å². The van der Waals surface area contributed by atoms with Crippen molar-refractivity contribution < 1.29 is 14.0 Å². The molecule has 1 unspecified atom stereocenters. The van der Waals surface area contributed by atoms with E-state index in [1.165, 1.54) is 29.7 Å². The monoisotopic (exact) mass is 475 g/mol. The lowest BCUT2D eigenvalue weighted by molar-refractivity contribution is -0.125. The smallest absolute Gasteiger partial charge is 0.266 e. The van der Waals surface area contributed by atoms with Gasteiger partial charge in [-0.3, -0.25) is 19.0 Å². The molecule has 0 aliphatic heterocycles. The Balaban J connectivity index is 1.60. The largest absolute Gasteiger partial charge is 0.345 e. The zero-order valence-corrected chi connectivity index (χ0v) is 19.2. The summed E-state index contributed by atoms with van der Waals surface area (Å²) in [6, 6.07) is 21.4. The third kappa shape index (κ3) is 5.23. The number of thioether (sulfide) groups is 1. The molecule has 4 aromatic rings. The molecule has 1 amide bonds. The number of halogens is 1. The zero-order valence-electron chi connectivity index (χ0n) is 18.4. The zero-order chi connectivity index (χ0) is 24.1. The molecule has 1 heterocycles. The van der Waals surface area contributed by atoms with Gasteiger partial charge < -0.3 is 5.32 Å². The maximum Gasteiger partial charge on any atom is 0.266 e. The molecular formula is C26H22FN3O3S. The number of Topliss-reactive ketones (excluding diaryl/α,β-unsaturated/α-hetero) is 1. The van der Waals surface area contributed by atoms with Crippen LogP contribution in [0, 0.1) is 5.82 Å². The van der Waals surface area contributed by atoms with Crippen molar-refractivity contribution in [3.05, 3.63) is 101 Å². The predicted octanol–water partition coefficient (Wildman–Crippen LogP) is 3.93. The maximum absolute atomic E-state index is 14.6. The van der Waals surface area contributed by atoms with Crippen LogP contribution in [0.1, 0.15) is 12.5 Å². The first-order valence-corrected chi connectivity index (χ1v) is 11.7. The number of carbonyl (C=O) groups excluding carboxylic acids is 2. The molecule has 0 fully saturated rings. The van der Waals surface area contributed by atoms with Gasteiger partial charge in [0.15, 0.2) is 10.9 Å². The fourth-order valence-corrected chi connectivity index (χ4v) is 4.38. The van der Waals surface area contributed by atoms with Gasteiger partial charge in [0.1, 0.15) is 5.82 Å². The van der Waals surface area contributed by atoms with Crippen molar-refractivity contribution >= 4 is 34.4 Å². The first kappa shape index (κ1) is 23.4. The number of para-hydroxylation sites is 2. The number of aromatic nitrogens is 2. The summed E-state index contributed by atoms with van der Waals surface area (Å²) >= 11 is 1.01. The Hall–Kier alpha value is -3.78.